The highest BCUT2D eigenvalue weighted by molar-refractivity contribution is 7.92. The first-order valence-corrected chi connectivity index (χ1v) is 9.25. The normalized spacial score (nSPS) is 11.3. The number of nitrogens with zero attached hydrogens (tertiary/aromatic N) is 1. The number of sulfonamides is 1. The van der Waals surface area contributed by atoms with E-state index in [1.165, 1.54) is 4.31 Å². The van der Waals surface area contributed by atoms with Gasteiger partial charge in [-0.05, 0) is 57.2 Å². The largest absolute Gasteiger partial charge is 0.491 e. The Bertz CT molecular complexity index is 778. The van der Waals surface area contributed by atoms with Crippen molar-refractivity contribution in [3.8, 4) is 5.75 Å². The van der Waals surface area contributed by atoms with Crippen molar-refractivity contribution >= 4 is 15.7 Å². The second-order valence-corrected chi connectivity index (χ2v) is 7.66. The van der Waals surface area contributed by atoms with Crippen molar-refractivity contribution in [1.82, 2.24) is 0 Å². The molecule has 0 fully saturated rings. The lowest BCUT2D eigenvalue weighted by molar-refractivity contribution is 0.242. The molecule has 0 N–H and O–H groups in total. The number of benzene rings is 2. The van der Waals surface area contributed by atoms with Gasteiger partial charge in [-0.3, -0.25) is 4.31 Å². The Hall–Kier alpha value is -2.27. The van der Waals surface area contributed by atoms with Crippen molar-refractivity contribution in [1.29, 1.82) is 0 Å². The third kappa shape index (κ3) is 4.17. The highest BCUT2D eigenvalue weighted by atomic mass is 32.2. The molecule has 0 spiro atoms. The predicted octanol–water partition coefficient (Wildman–Crippen LogP) is 4.16. The minimum absolute atomic E-state index is 0.0661. The monoisotopic (exact) mass is 345 g/mol. The molecule has 2 aromatic carbocycles. The van der Waals surface area contributed by atoms with Crippen LogP contribution in [-0.2, 0) is 10.0 Å². The van der Waals surface area contributed by atoms with E-state index in [2.05, 4.69) is 6.58 Å². The average molecular weight is 345 g/mol. The number of hydrogen-bond donors (Lipinski definition) is 0. The fourth-order valence-electron chi connectivity index (χ4n) is 2.26. The number of ether oxygens (including phenoxy) is 1. The van der Waals surface area contributed by atoms with E-state index in [-0.39, 0.29) is 17.5 Å². The quantitative estimate of drug-likeness (QED) is 0.708. The van der Waals surface area contributed by atoms with Gasteiger partial charge in [0.05, 0.1) is 23.2 Å². The van der Waals surface area contributed by atoms with E-state index in [1.54, 1.807) is 54.6 Å². The molecule has 0 saturated heterocycles. The summed E-state index contributed by atoms with van der Waals surface area (Å²) in [4.78, 5) is 0.262. The van der Waals surface area contributed by atoms with Gasteiger partial charge in [0.15, 0.2) is 0 Å². The number of aryl methyl sites for hydroxylation is 1. The third-order valence-electron chi connectivity index (χ3n) is 3.40. The molecular weight excluding hydrogens is 322 g/mol. The molecule has 5 heteroatoms. The van der Waals surface area contributed by atoms with Crippen LogP contribution >= 0.6 is 0 Å². The molecule has 0 aliphatic heterocycles. The molecule has 2 rings (SSSR count). The summed E-state index contributed by atoms with van der Waals surface area (Å²) in [5.74, 6) is 0.708. The zero-order valence-corrected chi connectivity index (χ0v) is 15.1. The lowest BCUT2D eigenvalue weighted by Gasteiger charge is -2.23. The van der Waals surface area contributed by atoms with Crippen molar-refractivity contribution < 1.29 is 13.2 Å². The third-order valence-corrected chi connectivity index (χ3v) is 5.21. The molecule has 0 bridgehead atoms. The van der Waals surface area contributed by atoms with Crippen molar-refractivity contribution in [3.63, 3.8) is 0 Å². The molecule has 0 aliphatic carbocycles. The molecule has 0 unspecified atom stereocenters. The van der Waals surface area contributed by atoms with Gasteiger partial charge in [0.1, 0.15) is 5.75 Å². The smallest absolute Gasteiger partial charge is 0.264 e. The zero-order chi connectivity index (χ0) is 17.7. The molecule has 4 nitrogen and oxygen atoms in total. The minimum Gasteiger partial charge on any atom is -0.491 e. The molecule has 0 aliphatic rings. The lowest BCUT2D eigenvalue weighted by Crippen LogP contribution is -2.31. The van der Waals surface area contributed by atoms with E-state index in [4.69, 9.17) is 4.74 Å². The Kier molecular flexibility index (Phi) is 5.67. The van der Waals surface area contributed by atoms with Crippen molar-refractivity contribution in [2.45, 2.75) is 31.8 Å². The summed E-state index contributed by atoms with van der Waals surface area (Å²) in [7, 11) is -3.65. The van der Waals surface area contributed by atoms with Crippen LogP contribution in [0.1, 0.15) is 19.4 Å². The van der Waals surface area contributed by atoms with E-state index in [0.29, 0.717) is 11.4 Å². The summed E-state index contributed by atoms with van der Waals surface area (Å²) in [5.41, 5.74) is 1.59. The fraction of sp³-hybridized carbons (Fsp3) is 0.263. The molecule has 0 aromatic heterocycles. The maximum atomic E-state index is 12.9. The van der Waals surface area contributed by atoms with Crippen LogP contribution in [-0.4, -0.2) is 21.1 Å². The summed E-state index contributed by atoms with van der Waals surface area (Å²) < 4.78 is 32.8. The SMILES string of the molecule is C=CCN(c1ccc(OC(C)C)cc1)S(=O)(=O)c1ccc(C)cc1. The topological polar surface area (TPSA) is 46.6 Å². The maximum absolute atomic E-state index is 12.9. The van der Waals surface area contributed by atoms with Crippen LogP contribution in [0.2, 0.25) is 0 Å². The van der Waals surface area contributed by atoms with Crippen molar-refractivity contribution in [2.75, 3.05) is 10.8 Å². The van der Waals surface area contributed by atoms with Gasteiger partial charge in [-0.25, -0.2) is 8.42 Å². The summed E-state index contributed by atoms with van der Waals surface area (Å²) in [6, 6.07) is 13.9. The van der Waals surface area contributed by atoms with Crippen molar-refractivity contribution in [2.24, 2.45) is 0 Å². The number of anilines is 1. The number of hydrogen-bond acceptors (Lipinski definition) is 3. The van der Waals surface area contributed by atoms with Crippen molar-refractivity contribution in [3.05, 3.63) is 66.7 Å². The Morgan fingerprint density at radius 2 is 1.67 bits per heavy atom. The van der Waals surface area contributed by atoms with Gasteiger partial charge < -0.3 is 4.74 Å². The molecule has 0 saturated carbocycles. The Morgan fingerprint density at radius 1 is 1.08 bits per heavy atom. The van der Waals surface area contributed by atoms with Gasteiger partial charge in [0, 0.05) is 0 Å². The molecule has 0 amide bonds. The first-order valence-electron chi connectivity index (χ1n) is 7.81. The van der Waals surface area contributed by atoms with E-state index >= 15 is 0 Å². The van der Waals surface area contributed by atoms with Crippen LogP contribution in [0.25, 0.3) is 0 Å². The second-order valence-electron chi connectivity index (χ2n) is 5.80. The molecule has 0 radical (unpaired) electrons. The van der Waals surface area contributed by atoms with E-state index in [9.17, 15) is 8.42 Å². The molecule has 0 atom stereocenters. The van der Waals surface area contributed by atoms with Gasteiger partial charge in [0.25, 0.3) is 10.0 Å². The van der Waals surface area contributed by atoms with Crippen LogP contribution in [0.5, 0.6) is 5.75 Å². The van der Waals surface area contributed by atoms with E-state index in [0.717, 1.165) is 5.56 Å². The van der Waals surface area contributed by atoms with Gasteiger partial charge in [-0.1, -0.05) is 23.8 Å². The highest BCUT2D eigenvalue weighted by Crippen LogP contribution is 2.26. The molecular formula is C19H23NO3S. The summed E-state index contributed by atoms with van der Waals surface area (Å²) in [5, 5.41) is 0. The summed E-state index contributed by atoms with van der Waals surface area (Å²) in [6.45, 7) is 9.68. The Balaban J connectivity index is 2.37. The molecule has 2 aromatic rings. The molecule has 0 heterocycles. The summed E-state index contributed by atoms with van der Waals surface area (Å²) >= 11 is 0. The van der Waals surface area contributed by atoms with E-state index < -0.39 is 10.0 Å². The standard InChI is InChI=1S/C19H23NO3S/c1-5-14-20(17-8-10-18(11-9-17)23-15(2)3)24(21,22)19-12-6-16(4)7-13-19/h5-13,15H,1,14H2,2-4H3. The van der Waals surface area contributed by atoms with Gasteiger partial charge in [-0.15, -0.1) is 6.58 Å². The van der Waals surface area contributed by atoms with Crippen LogP contribution < -0.4 is 9.04 Å². The summed E-state index contributed by atoms with van der Waals surface area (Å²) in [6.07, 6.45) is 1.64. The van der Waals surface area contributed by atoms with Crippen LogP contribution in [0.15, 0.2) is 66.1 Å². The lowest BCUT2D eigenvalue weighted by atomic mass is 10.2. The Morgan fingerprint density at radius 3 is 2.17 bits per heavy atom. The second kappa shape index (κ2) is 7.53. The first-order chi connectivity index (χ1) is 11.3. The van der Waals surface area contributed by atoms with Gasteiger partial charge in [-0.2, -0.15) is 0 Å². The first kappa shape index (κ1) is 18.1. The maximum Gasteiger partial charge on any atom is 0.264 e. The van der Waals surface area contributed by atoms with Crippen LogP contribution in [0, 0.1) is 6.92 Å². The predicted molar refractivity (Wildman–Crippen MR) is 98.1 cm³/mol. The highest BCUT2D eigenvalue weighted by Gasteiger charge is 2.23. The fourth-order valence-corrected chi connectivity index (χ4v) is 3.70. The van der Waals surface area contributed by atoms with Crippen LogP contribution in [0.4, 0.5) is 5.69 Å². The molecule has 24 heavy (non-hydrogen) atoms. The molecule has 128 valence electrons. The van der Waals surface area contributed by atoms with E-state index in [1.807, 2.05) is 20.8 Å². The van der Waals surface area contributed by atoms with Gasteiger partial charge >= 0.3 is 0 Å². The minimum atomic E-state index is -3.65. The zero-order valence-electron chi connectivity index (χ0n) is 14.3. The van der Waals surface area contributed by atoms with Crippen LogP contribution in [0.3, 0.4) is 0 Å². The average Bonchev–Trinajstić information content (AvgIpc) is 2.53. The Labute approximate surface area is 144 Å². The van der Waals surface area contributed by atoms with Gasteiger partial charge in [0.2, 0.25) is 0 Å². The number of rotatable bonds is 7.